The van der Waals surface area contributed by atoms with E-state index in [0.717, 1.165) is 6.42 Å². The molecule has 1 fully saturated rings. The zero-order chi connectivity index (χ0) is 35.3. The normalized spacial score (nSPS) is 18.7. The molecule has 0 radical (unpaired) electrons. The van der Waals surface area contributed by atoms with Crippen LogP contribution in [0.25, 0.3) is 21.9 Å². The number of fused-ring (bicyclic) bond motifs is 4. The van der Waals surface area contributed by atoms with Crippen LogP contribution < -0.4 is 6.54 Å². The average Bonchev–Trinajstić information content (AvgIpc) is 3.60. The van der Waals surface area contributed by atoms with E-state index in [4.69, 9.17) is 4.21 Å². The fourth-order valence-corrected chi connectivity index (χ4v) is 25.6. The van der Waals surface area contributed by atoms with Crippen molar-refractivity contribution in [2.45, 2.75) is 123 Å². The molecular formula is C48H62Cl2Zr. The molecule has 0 N–H and O–H groups in total. The van der Waals surface area contributed by atoms with Gasteiger partial charge >= 0.3 is 301 Å². The predicted molar refractivity (Wildman–Crippen MR) is 229 cm³/mol. The third-order valence-corrected chi connectivity index (χ3v) is 28.2. The molecule has 3 aliphatic rings. The van der Waals surface area contributed by atoms with Gasteiger partial charge in [-0.1, -0.05) is 0 Å². The van der Waals surface area contributed by atoms with Crippen LogP contribution in [-0.4, -0.2) is 4.21 Å². The Kier molecular flexibility index (Phi) is 10.5. The Morgan fingerprint density at radius 1 is 0.765 bits per heavy atom. The molecule has 4 aromatic rings. The van der Waals surface area contributed by atoms with E-state index in [0.29, 0.717) is 5.92 Å². The summed E-state index contributed by atoms with van der Waals surface area (Å²) >= 11 is -4.62. The third kappa shape index (κ3) is 6.38. The van der Waals surface area contributed by atoms with E-state index in [1.807, 2.05) is 0 Å². The maximum absolute atomic E-state index is 5.79. The van der Waals surface area contributed by atoms with Gasteiger partial charge < -0.3 is 0 Å². The fourth-order valence-electron chi connectivity index (χ4n) is 10.7. The molecule has 4 aromatic carbocycles. The van der Waals surface area contributed by atoms with Crippen molar-refractivity contribution in [3.8, 4) is 11.1 Å². The van der Waals surface area contributed by atoms with Gasteiger partial charge in [0.1, 0.15) is 0 Å². The van der Waals surface area contributed by atoms with Crippen molar-refractivity contribution in [3.63, 3.8) is 0 Å². The van der Waals surface area contributed by atoms with Crippen LogP contribution in [0.4, 0.5) is 0 Å². The minimum absolute atomic E-state index is 0. The van der Waals surface area contributed by atoms with E-state index in [-0.39, 0.29) is 41.1 Å². The summed E-state index contributed by atoms with van der Waals surface area (Å²) in [5.74, 6) is 0.375. The van der Waals surface area contributed by atoms with Gasteiger partial charge in [0.15, 0.2) is 0 Å². The van der Waals surface area contributed by atoms with Crippen molar-refractivity contribution in [3.05, 3.63) is 115 Å². The molecule has 3 heteroatoms. The number of allylic oxidation sites excluding steroid dienone is 4. The summed E-state index contributed by atoms with van der Waals surface area (Å²) in [6.07, 6.45) is 13.1. The monoisotopic (exact) mass is 798 g/mol. The van der Waals surface area contributed by atoms with Crippen LogP contribution in [0.1, 0.15) is 121 Å². The maximum atomic E-state index is 5.79. The van der Waals surface area contributed by atoms with E-state index in [2.05, 4.69) is 147 Å². The molecular weight excluding hydrogens is 739 g/mol. The Labute approximate surface area is 323 Å². The topological polar surface area (TPSA) is 0 Å². The molecule has 272 valence electrons. The number of rotatable bonds is 4. The van der Waals surface area contributed by atoms with Crippen molar-refractivity contribution >= 4 is 46.3 Å². The van der Waals surface area contributed by atoms with Crippen LogP contribution in [0.15, 0.2) is 81.7 Å². The zero-order valence-electron chi connectivity index (χ0n) is 33.3. The summed E-state index contributed by atoms with van der Waals surface area (Å²) in [5, 5.41) is 2.65. The minimum atomic E-state index is -4.62. The second kappa shape index (κ2) is 13.4. The Morgan fingerprint density at radius 3 is 2.00 bits per heavy atom. The van der Waals surface area contributed by atoms with Crippen molar-refractivity contribution < 1.29 is 18.3 Å². The fraction of sp³-hybridized carbons (Fsp3) is 0.438. The van der Waals surface area contributed by atoms with Gasteiger partial charge in [-0.3, -0.25) is 0 Å². The molecule has 0 aromatic heterocycles. The molecule has 0 spiro atoms. The molecule has 0 heterocycles. The van der Waals surface area contributed by atoms with Crippen molar-refractivity contribution in [1.82, 2.24) is 0 Å². The van der Waals surface area contributed by atoms with Crippen LogP contribution in [-0.2, 0) is 35.5 Å². The first kappa shape index (κ1) is 40.1. The number of hydrogen-bond donors (Lipinski definition) is 0. The molecule has 3 aliphatic carbocycles. The second-order valence-electron chi connectivity index (χ2n) is 19.2. The Morgan fingerprint density at radius 2 is 1.37 bits per heavy atom. The molecule has 0 aliphatic heterocycles. The summed E-state index contributed by atoms with van der Waals surface area (Å²) in [5.41, 5.74) is 13.8. The molecule has 0 bridgehead atoms. The standard InChI is InChI=1S/C23H29.C13H19.C10H7.CH3.CH2.2ClH.Zr/c1-14-9-16-11-17-10-15(2)21(23(6,7)8)13-19(17)18(16)12-20(14)22(3,4)5;1-11-6-7-12(10-11)13(2)8-4-3-5-9-13;1-2-6-10-8-4-3-7-9(10)5-1;;;;;/h9,12-13H,11H2,1-8H3;7,10-11H,3-5,8-9H2,1-2H3;1-3,5-8H;1H3;1H2;2*1H;. The first-order chi connectivity index (χ1) is 22.8. The van der Waals surface area contributed by atoms with Gasteiger partial charge in [0, 0.05) is 0 Å². The van der Waals surface area contributed by atoms with Gasteiger partial charge in [-0.25, -0.2) is 0 Å². The van der Waals surface area contributed by atoms with Gasteiger partial charge in [0.25, 0.3) is 0 Å². The molecule has 0 nitrogen and oxygen atoms in total. The SMILES string of the molecule is Cl.Cl.[CH2]=[Zr]([CH3])([C]1=CC(C2(C)CCCCC2)=CC1C)([c]1ccc2ccccc2c1)[c]1c(C)c(C(C)(C)C)cc2c1Cc1cc(C)c(C(C)(C)C)cc1-2. The van der Waals surface area contributed by atoms with Crippen LogP contribution in [0, 0.1) is 25.2 Å². The summed E-state index contributed by atoms with van der Waals surface area (Å²) in [6.45, 7) is 24.2. The Hall–Kier alpha value is -2.05. The molecule has 7 rings (SSSR count). The molecule has 0 saturated heterocycles. The van der Waals surface area contributed by atoms with Crippen molar-refractivity contribution in [1.29, 1.82) is 0 Å². The molecule has 0 amide bonds. The molecule has 51 heavy (non-hydrogen) atoms. The van der Waals surface area contributed by atoms with Gasteiger partial charge in [-0.15, -0.1) is 24.8 Å². The number of halogens is 2. The molecule has 1 saturated carbocycles. The van der Waals surface area contributed by atoms with E-state index in [1.54, 1.807) is 17.7 Å². The molecule has 1 unspecified atom stereocenters. The number of hydrogen-bond acceptors (Lipinski definition) is 0. The van der Waals surface area contributed by atoms with Crippen LogP contribution in [0.5, 0.6) is 0 Å². The van der Waals surface area contributed by atoms with Crippen LogP contribution in [0.3, 0.4) is 0 Å². The van der Waals surface area contributed by atoms with Crippen LogP contribution >= 0.6 is 24.8 Å². The predicted octanol–water partition coefficient (Wildman–Crippen LogP) is 13.0. The van der Waals surface area contributed by atoms with Crippen molar-refractivity contribution in [2.75, 3.05) is 0 Å². The first-order valence-corrected chi connectivity index (χ1v) is 27.0. The van der Waals surface area contributed by atoms with Gasteiger partial charge in [-0.05, 0) is 0 Å². The van der Waals surface area contributed by atoms with Crippen LogP contribution in [0.2, 0.25) is 4.63 Å². The quantitative estimate of drug-likeness (QED) is 0.170. The number of aryl methyl sites for hydroxylation is 1. The summed E-state index contributed by atoms with van der Waals surface area (Å²) < 4.78 is 13.3. The summed E-state index contributed by atoms with van der Waals surface area (Å²) in [7, 11) is 0. The van der Waals surface area contributed by atoms with Gasteiger partial charge in [0.2, 0.25) is 0 Å². The zero-order valence-corrected chi connectivity index (χ0v) is 37.4. The van der Waals surface area contributed by atoms with E-state index in [9.17, 15) is 0 Å². The molecule has 1 atom stereocenters. The Balaban J connectivity index is 0.00000252. The summed E-state index contributed by atoms with van der Waals surface area (Å²) in [6, 6.07) is 24.0. The van der Waals surface area contributed by atoms with Gasteiger partial charge in [0.05, 0.1) is 0 Å². The Bertz CT molecular complexity index is 2160. The average molecular weight is 801 g/mol. The first-order valence-electron chi connectivity index (χ1n) is 19.1. The van der Waals surface area contributed by atoms with E-state index < -0.39 is 18.3 Å². The second-order valence-corrected chi connectivity index (χ2v) is 33.1. The van der Waals surface area contributed by atoms with Gasteiger partial charge in [-0.2, -0.15) is 0 Å². The third-order valence-electron chi connectivity index (χ3n) is 13.3. The summed E-state index contributed by atoms with van der Waals surface area (Å²) in [4.78, 5) is 0. The van der Waals surface area contributed by atoms with E-state index in [1.165, 1.54) is 85.1 Å². The number of benzene rings is 4. The van der Waals surface area contributed by atoms with E-state index >= 15 is 0 Å². The van der Waals surface area contributed by atoms with Crippen molar-refractivity contribution in [2.24, 2.45) is 11.3 Å².